The van der Waals surface area contributed by atoms with Crippen molar-refractivity contribution in [3.05, 3.63) is 124 Å². The van der Waals surface area contributed by atoms with E-state index in [-0.39, 0.29) is 42.6 Å². The van der Waals surface area contributed by atoms with E-state index in [1.165, 1.54) is 30.4 Å². The van der Waals surface area contributed by atoms with Crippen molar-refractivity contribution in [1.29, 1.82) is 0 Å². The number of likely N-dealkylation sites (N-methyl/N-ethyl adjacent to an activating group) is 1. The van der Waals surface area contributed by atoms with Crippen LogP contribution >= 0.6 is 0 Å². The molecular formula is C50H63NO6. The maximum Gasteiger partial charge on any atom is 0.308 e. The van der Waals surface area contributed by atoms with Crippen LogP contribution in [0.25, 0.3) is 11.8 Å². The van der Waals surface area contributed by atoms with Crippen molar-refractivity contribution in [2.24, 2.45) is 35.5 Å². The van der Waals surface area contributed by atoms with Crippen LogP contribution in [0, 0.1) is 35.5 Å². The lowest BCUT2D eigenvalue weighted by molar-refractivity contribution is -0.149. The molecule has 2 bridgehead atoms. The average Bonchev–Trinajstić information content (AvgIpc) is 3.68. The zero-order chi connectivity index (χ0) is 39.9. The summed E-state index contributed by atoms with van der Waals surface area (Å²) < 4.78 is 0. The predicted molar refractivity (Wildman–Crippen MR) is 227 cm³/mol. The van der Waals surface area contributed by atoms with Crippen molar-refractivity contribution in [3.63, 3.8) is 0 Å². The molecule has 57 heavy (non-hydrogen) atoms. The summed E-state index contributed by atoms with van der Waals surface area (Å²) in [6.07, 6.45) is 20.1. The fraction of sp³-hybridized carbons (Fsp3) is 0.500. The van der Waals surface area contributed by atoms with Gasteiger partial charge in [0.25, 0.3) is 0 Å². The number of aliphatic hydroxyl groups is 3. The van der Waals surface area contributed by atoms with Gasteiger partial charge in [-0.05, 0) is 128 Å². The Morgan fingerprint density at radius 3 is 2.46 bits per heavy atom. The SMILES string of the molecule is CNC[C@H](O)[C@H]1C=CC[C@H](CCCCCC[C@H]2C=C(CO)CC2)[C@@H](c2ccc(O)cc2)Cc2cccc(c2)[C@]2(CC[C@H]3C=c4ccccc4=C(O)[C@@H]3C2)[C@H]1C(=O)O. The molecule has 1 saturated carbocycles. The van der Waals surface area contributed by atoms with Crippen molar-refractivity contribution in [1.82, 2.24) is 5.32 Å². The third-order valence-electron chi connectivity index (χ3n) is 14.2. The molecule has 7 heteroatoms. The highest BCUT2D eigenvalue weighted by Gasteiger charge is 2.54. The minimum atomic E-state index is -0.932. The van der Waals surface area contributed by atoms with Gasteiger partial charge in [0.15, 0.2) is 0 Å². The number of aromatic hydroxyl groups is 1. The normalized spacial score (nSPS) is 29.0. The van der Waals surface area contributed by atoms with Gasteiger partial charge in [-0.25, -0.2) is 0 Å². The van der Waals surface area contributed by atoms with E-state index in [0.717, 1.165) is 72.9 Å². The molecule has 1 spiro atoms. The highest BCUT2D eigenvalue weighted by molar-refractivity contribution is 5.74. The number of allylic oxidation sites excluding steroid dienone is 2. The first-order valence-corrected chi connectivity index (χ1v) is 21.6. The Balaban J connectivity index is 1.24. The Labute approximate surface area is 338 Å². The summed E-state index contributed by atoms with van der Waals surface area (Å²) in [4.78, 5) is 13.9. The van der Waals surface area contributed by atoms with Crippen LogP contribution in [0.2, 0.25) is 0 Å². The lowest BCUT2D eigenvalue weighted by atomic mass is 9.53. The van der Waals surface area contributed by atoms with Crippen LogP contribution in [-0.4, -0.2) is 57.8 Å². The molecule has 0 aromatic heterocycles. The van der Waals surface area contributed by atoms with Crippen LogP contribution in [-0.2, 0) is 16.6 Å². The van der Waals surface area contributed by atoms with E-state index in [9.17, 15) is 30.3 Å². The molecule has 7 nitrogen and oxygen atoms in total. The fourth-order valence-corrected chi connectivity index (χ4v) is 11.2. The van der Waals surface area contributed by atoms with Crippen LogP contribution in [0.5, 0.6) is 5.75 Å². The zero-order valence-electron chi connectivity index (χ0n) is 33.6. The number of aliphatic carboxylic acids is 1. The summed E-state index contributed by atoms with van der Waals surface area (Å²) in [5.74, 6) is -1.04. The molecule has 0 amide bonds. The molecule has 0 radical (unpaired) electrons. The van der Waals surface area contributed by atoms with Crippen LogP contribution in [0.1, 0.15) is 99.7 Å². The molecule has 0 aliphatic heterocycles. The number of carbonyl (C=O) groups is 1. The van der Waals surface area contributed by atoms with Gasteiger partial charge >= 0.3 is 5.97 Å². The molecule has 3 aromatic carbocycles. The van der Waals surface area contributed by atoms with Crippen molar-refractivity contribution in [2.45, 2.75) is 101 Å². The molecule has 7 rings (SSSR count). The molecule has 4 aliphatic rings. The standard InChI is InChI=1S/C50H63NO6/c1-51-31-46(54)43-17-9-14-36(12-5-3-2-4-10-33-18-19-35(26-33)32-52)44(37-20-22-41(53)23-21-37)28-34-11-8-15-40(27-34)50(47(43)49(56)57)25-24-39-29-38-13-6-7-16-42(38)48(55)45(39)30-50/h6-9,11,13,15-17,20-23,26-27,29,33,36,39,43-47,51-55H,2-5,10,12,14,18-19,24-25,28,30-32H2,1H3,(H,56,57)/t33-,36+,39+,43-,44+,45-,46+,47-,50-/m1/s1. The molecule has 1 fully saturated rings. The number of carboxylic acids is 1. The molecule has 0 unspecified atom stereocenters. The van der Waals surface area contributed by atoms with Gasteiger partial charge in [0.2, 0.25) is 0 Å². The largest absolute Gasteiger partial charge is 0.511 e. The van der Waals surface area contributed by atoms with Crippen LogP contribution in [0.15, 0.2) is 96.6 Å². The summed E-state index contributed by atoms with van der Waals surface area (Å²) in [5, 5.41) is 59.9. The van der Waals surface area contributed by atoms with E-state index >= 15 is 0 Å². The number of benzene rings is 3. The van der Waals surface area contributed by atoms with Gasteiger partial charge in [-0.15, -0.1) is 0 Å². The Bertz CT molecular complexity index is 2020. The van der Waals surface area contributed by atoms with Crippen molar-refractivity contribution >= 4 is 17.8 Å². The Morgan fingerprint density at radius 1 is 0.912 bits per heavy atom. The number of fused-ring (bicyclic) bond motifs is 5. The number of phenolic OH excluding ortho intramolecular Hbond substituents is 1. The van der Waals surface area contributed by atoms with Gasteiger partial charge in [-0.2, -0.15) is 0 Å². The second kappa shape index (κ2) is 18.6. The third kappa shape index (κ3) is 9.11. The van der Waals surface area contributed by atoms with Crippen molar-refractivity contribution < 1.29 is 30.3 Å². The Kier molecular flexibility index (Phi) is 13.4. The Hall–Kier alpha value is -4.17. The highest BCUT2D eigenvalue weighted by Crippen LogP contribution is 2.54. The van der Waals surface area contributed by atoms with E-state index in [4.69, 9.17) is 0 Å². The zero-order valence-corrected chi connectivity index (χ0v) is 33.6. The van der Waals surface area contributed by atoms with Gasteiger partial charge in [-0.1, -0.05) is 111 Å². The molecule has 0 saturated heterocycles. The summed E-state index contributed by atoms with van der Waals surface area (Å²) in [7, 11) is 1.79. The summed E-state index contributed by atoms with van der Waals surface area (Å²) in [6, 6.07) is 24.2. The van der Waals surface area contributed by atoms with E-state index in [1.807, 2.05) is 30.3 Å². The van der Waals surface area contributed by atoms with E-state index in [1.54, 1.807) is 19.2 Å². The fourth-order valence-electron chi connectivity index (χ4n) is 11.2. The van der Waals surface area contributed by atoms with Crippen molar-refractivity contribution in [2.75, 3.05) is 20.2 Å². The number of aliphatic hydroxyl groups excluding tert-OH is 3. The molecular weight excluding hydrogens is 711 g/mol. The number of nitrogens with one attached hydrogen (secondary N) is 1. The summed E-state index contributed by atoms with van der Waals surface area (Å²) in [6.45, 7) is 0.446. The monoisotopic (exact) mass is 773 g/mol. The van der Waals surface area contributed by atoms with Crippen molar-refractivity contribution in [3.8, 4) is 5.75 Å². The minimum Gasteiger partial charge on any atom is -0.511 e. The van der Waals surface area contributed by atoms with E-state index in [2.05, 4.69) is 59.9 Å². The maximum absolute atomic E-state index is 13.9. The topological polar surface area (TPSA) is 130 Å². The van der Waals surface area contributed by atoms with Gasteiger partial charge < -0.3 is 30.8 Å². The number of carboxylic acid groups (broad SMARTS) is 1. The third-order valence-corrected chi connectivity index (χ3v) is 14.2. The van der Waals surface area contributed by atoms with Crippen LogP contribution in [0.3, 0.4) is 0 Å². The lowest BCUT2D eigenvalue weighted by Gasteiger charge is -2.50. The second-order valence-corrected chi connectivity index (χ2v) is 17.6. The molecule has 9 atom stereocenters. The lowest BCUT2D eigenvalue weighted by Crippen LogP contribution is -2.53. The quantitative estimate of drug-likeness (QED) is 0.0777. The number of unbranched alkanes of at least 4 members (excludes halogenated alkanes) is 3. The molecule has 6 N–H and O–H groups in total. The second-order valence-electron chi connectivity index (χ2n) is 17.6. The first-order chi connectivity index (χ1) is 27.7. The van der Waals surface area contributed by atoms with Gasteiger partial charge in [0.05, 0.1) is 18.6 Å². The van der Waals surface area contributed by atoms with Gasteiger partial charge in [-0.3, -0.25) is 4.79 Å². The van der Waals surface area contributed by atoms with E-state index in [0.29, 0.717) is 24.5 Å². The smallest absolute Gasteiger partial charge is 0.308 e. The predicted octanol–water partition coefficient (Wildman–Crippen LogP) is 7.68. The minimum absolute atomic E-state index is 0.0964. The van der Waals surface area contributed by atoms with Crippen LogP contribution in [0.4, 0.5) is 0 Å². The van der Waals surface area contributed by atoms with Crippen LogP contribution < -0.4 is 15.8 Å². The first-order valence-electron chi connectivity index (χ1n) is 21.6. The number of phenols is 1. The molecule has 304 valence electrons. The highest BCUT2D eigenvalue weighted by atomic mass is 16.4. The molecule has 0 heterocycles. The van der Waals surface area contributed by atoms with Gasteiger partial charge in [0.1, 0.15) is 11.5 Å². The summed E-state index contributed by atoms with van der Waals surface area (Å²) in [5.41, 5.74) is 3.64. The molecule has 4 aliphatic carbocycles. The van der Waals surface area contributed by atoms with E-state index < -0.39 is 29.3 Å². The Morgan fingerprint density at radius 2 is 1.70 bits per heavy atom. The number of hydrogen-bond acceptors (Lipinski definition) is 6. The number of rotatable bonds is 13. The maximum atomic E-state index is 13.9. The molecule has 3 aromatic rings. The number of hydrogen-bond donors (Lipinski definition) is 6. The first kappa shape index (κ1) is 41.0. The average molecular weight is 774 g/mol. The van der Waals surface area contributed by atoms with Gasteiger partial charge in [0, 0.05) is 29.0 Å². The summed E-state index contributed by atoms with van der Waals surface area (Å²) >= 11 is 0.